The fraction of sp³-hybridized carbons (Fsp3) is 0.250. The number of H-pyrrole nitrogens is 1. The lowest BCUT2D eigenvalue weighted by molar-refractivity contribution is 0.134. The van der Waals surface area contributed by atoms with E-state index in [-0.39, 0.29) is 4.90 Å². The zero-order valence-corrected chi connectivity index (χ0v) is 16.3. The summed E-state index contributed by atoms with van der Waals surface area (Å²) in [6, 6.07) is 14.1. The number of hydrogen-bond acceptors (Lipinski definition) is 4. The molecule has 2 aromatic carbocycles. The molecule has 3 rings (SSSR count). The van der Waals surface area contributed by atoms with E-state index in [1.165, 1.54) is 12.0 Å². The van der Waals surface area contributed by atoms with Gasteiger partial charge in [0.2, 0.25) is 9.84 Å². The Labute approximate surface area is 158 Å². The number of amides is 1. The Hall–Kier alpha value is -2.80. The lowest BCUT2D eigenvalue weighted by Gasteiger charge is -2.15. The summed E-state index contributed by atoms with van der Waals surface area (Å²) in [5.41, 5.74) is 2.33. The quantitative estimate of drug-likeness (QED) is 0.727. The smallest absolute Gasteiger partial charge is 0.409 e. The molecule has 0 spiro atoms. The number of nitrogens with zero attached hydrogens (tertiary/aromatic N) is 1. The molecule has 7 heteroatoms. The van der Waals surface area contributed by atoms with Gasteiger partial charge in [-0.15, -0.1) is 0 Å². The number of carbonyl (C=O) groups excluding carboxylic acids is 1. The first kappa shape index (κ1) is 19.0. The summed E-state index contributed by atoms with van der Waals surface area (Å²) in [7, 11) is -0.630. The van der Waals surface area contributed by atoms with Gasteiger partial charge in [-0.05, 0) is 43.2 Å². The molecule has 0 aliphatic carbocycles. The lowest BCUT2D eigenvalue weighted by atomic mass is 10.1. The van der Waals surface area contributed by atoms with E-state index in [0.717, 1.165) is 11.1 Å². The Bertz CT molecular complexity index is 1070. The summed E-state index contributed by atoms with van der Waals surface area (Å²) in [4.78, 5) is 16.7. The number of benzene rings is 2. The number of aromatic nitrogens is 1. The van der Waals surface area contributed by atoms with Gasteiger partial charge >= 0.3 is 6.09 Å². The third-order valence-electron chi connectivity index (χ3n) is 4.54. The maximum Gasteiger partial charge on any atom is 0.409 e. The normalized spacial score (nSPS) is 11.5. The zero-order valence-electron chi connectivity index (χ0n) is 15.5. The van der Waals surface area contributed by atoms with Crippen LogP contribution in [0, 0.1) is 6.92 Å². The van der Waals surface area contributed by atoms with E-state index < -0.39 is 15.9 Å². The van der Waals surface area contributed by atoms with Gasteiger partial charge in [-0.1, -0.05) is 24.3 Å². The number of carbonyl (C=O) groups is 1. The highest BCUT2D eigenvalue weighted by atomic mass is 32.2. The summed E-state index contributed by atoms with van der Waals surface area (Å²) in [5.74, 6) is 0. The Morgan fingerprint density at radius 2 is 1.85 bits per heavy atom. The second-order valence-corrected chi connectivity index (χ2v) is 8.30. The van der Waals surface area contributed by atoms with E-state index in [1.54, 1.807) is 44.3 Å². The Kier molecular flexibility index (Phi) is 5.23. The SMILES string of the molecule is COC(=O)N(C)CCc1ccc2[nH]c(C)c(S(=O)(=O)c3ccccc3)c2c1. The van der Waals surface area contributed by atoms with Gasteiger partial charge in [-0.3, -0.25) is 0 Å². The van der Waals surface area contributed by atoms with E-state index in [0.29, 0.717) is 28.9 Å². The molecule has 0 aliphatic heterocycles. The molecule has 0 fully saturated rings. The van der Waals surface area contributed by atoms with Crippen molar-refractivity contribution in [3.8, 4) is 0 Å². The number of aromatic amines is 1. The van der Waals surface area contributed by atoms with E-state index in [9.17, 15) is 13.2 Å². The van der Waals surface area contributed by atoms with Gasteiger partial charge < -0.3 is 14.6 Å². The van der Waals surface area contributed by atoms with E-state index in [2.05, 4.69) is 9.72 Å². The van der Waals surface area contributed by atoms with Crippen LogP contribution >= 0.6 is 0 Å². The number of nitrogens with one attached hydrogen (secondary N) is 1. The van der Waals surface area contributed by atoms with E-state index >= 15 is 0 Å². The second-order valence-electron chi connectivity index (χ2n) is 6.42. The van der Waals surface area contributed by atoms with Gasteiger partial charge in [0.1, 0.15) is 0 Å². The number of aryl methyl sites for hydroxylation is 1. The van der Waals surface area contributed by atoms with Gasteiger partial charge in [0, 0.05) is 30.2 Å². The lowest BCUT2D eigenvalue weighted by Crippen LogP contribution is -2.28. The molecule has 0 bridgehead atoms. The molecule has 0 radical (unpaired) electrons. The molecular formula is C20H22N2O4S. The van der Waals surface area contributed by atoms with Crippen molar-refractivity contribution in [1.29, 1.82) is 0 Å². The average molecular weight is 386 g/mol. The summed E-state index contributed by atoms with van der Waals surface area (Å²) < 4.78 is 31.0. The van der Waals surface area contributed by atoms with Gasteiger partial charge in [-0.2, -0.15) is 0 Å². The van der Waals surface area contributed by atoms with Crippen LogP contribution in [0.3, 0.4) is 0 Å². The second kappa shape index (κ2) is 7.44. The summed E-state index contributed by atoms with van der Waals surface area (Å²) >= 11 is 0. The molecule has 0 saturated heterocycles. The maximum atomic E-state index is 13.1. The van der Waals surface area contributed by atoms with Crippen molar-refractivity contribution in [3.63, 3.8) is 0 Å². The summed E-state index contributed by atoms with van der Waals surface area (Å²) in [5, 5.41) is 0.662. The predicted molar refractivity (Wildman–Crippen MR) is 104 cm³/mol. The van der Waals surface area contributed by atoms with E-state index in [1.807, 2.05) is 18.2 Å². The highest BCUT2D eigenvalue weighted by molar-refractivity contribution is 7.91. The number of likely N-dealkylation sites (N-methyl/N-ethyl adjacent to an activating group) is 1. The van der Waals surface area contributed by atoms with Crippen LogP contribution in [0.2, 0.25) is 0 Å². The van der Waals surface area contributed by atoms with Gasteiger partial charge in [0.15, 0.2) is 0 Å². The Morgan fingerprint density at radius 1 is 1.15 bits per heavy atom. The Balaban J connectivity index is 2.00. The molecule has 142 valence electrons. The van der Waals surface area contributed by atoms with Gasteiger partial charge in [0.05, 0.1) is 16.9 Å². The van der Waals surface area contributed by atoms with Crippen LogP contribution in [0.15, 0.2) is 58.3 Å². The molecule has 1 N–H and O–H groups in total. The average Bonchev–Trinajstić information content (AvgIpc) is 3.01. The van der Waals surface area contributed by atoms with Crippen molar-refractivity contribution >= 4 is 26.8 Å². The first-order chi connectivity index (χ1) is 12.8. The molecule has 1 heterocycles. The van der Waals surface area contributed by atoms with E-state index in [4.69, 9.17) is 0 Å². The van der Waals surface area contributed by atoms with Crippen LogP contribution in [0.1, 0.15) is 11.3 Å². The summed E-state index contributed by atoms with van der Waals surface area (Å²) in [6.07, 6.45) is 0.192. The standard InChI is InChI=1S/C20H22N2O4S/c1-14-19(27(24,25)16-7-5-4-6-8-16)17-13-15(9-10-18(17)21-14)11-12-22(2)20(23)26-3/h4-10,13,21H,11-12H2,1-3H3. The first-order valence-electron chi connectivity index (χ1n) is 8.55. The Morgan fingerprint density at radius 3 is 2.52 bits per heavy atom. The minimum absolute atomic E-state index is 0.268. The highest BCUT2D eigenvalue weighted by Crippen LogP contribution is 2.32. The van der Waals surface area contributed by atoms with Crippen molar-refractivity contribution < 1.29 is 17.9 Å². The molecule has 0 aliphatic rings. The van der Waals surface area contributed by atoms with Crippen LogP contribution in [-0.2, 0) is 21.0 Å². The predicted octanol–water partition coefficient (Wildman–Crippen LogP) is 3.55. The molecule has 0 unspecified atom stereocenters. The first-order valence-corrected chi connectivity index (χ1v) is 10.0. The van der Waals surface area contributed by atoms with Crippen molar-refractivity contribution in [2.45, 2.75) is 23.1 Å². The van der Waals surface area contributed by atoms with Crippen LogP contribution in [0.25, 0.3) is 10.9 Å². The molecule has 27 heavy (non-hydrogen) atoms. The molecule has 1 amide bonds. The fourth-order valence-corrected chi connectivity index (χ4v) is 4.78. The molecular weight excluding hydrogens is 364 g/mol. The molecule has 0 saturated carbocycles. The minimum atomic E-state index is -3.63. The third-order valence-corrected chi connectivity index (χ3v) is 6.49. The van der Waals surface area contributed by atoms with Crippen molar-refractivity contribution in [3.05, 3.63) is 59.8 Å². The monoisotopic (exact) mass is 386 g/mol. The molecule has 0 atom stereocenters. The number of hydrogen-bond donors (Lipinski definition) is 1. The summed E-state index contributed by atoms with van der Waals surface area (Å²) in [6.45, 7) is 2.24. The van der Waals surface area contributed by atoms with Crippen LogP contribution in [-0.4, -0.2) is 45.1 Å². The van der Waals surface area contributed by atoms with Crippen LogP contribution in [0.5, 0.6) is 0 Å². The number of fused-ring (bicyclic) bond motifs is 1. The minimum Gasteiger partial charge on any atom is -0.453 e. The highest BCUT2D eigenvalue weighted by Gasteiger charge is 2.24. The van der Waals surface area contributed by atoms with Crippen molar-refractivity contribution in [2.75, 3.05) is 20.7 Å². The number of sulfone groups is 1. The molecule has 3 aromatic rings. The maximum absolute atomic E-state index is 13.1. The largest absolute Gasteiger partial charge is 0.453 e. The van der Waals surface area contributed by atoms with Crippen LogP contribution in [0.4, 0.5) is 4.79 Å². The number of ether oxygens (including phenoxy) is 1. The fourth-order valence-electron chi connectivity index (χ4n) is 3.11. The van der Waals surface area contributed by atoms with Gasteiger partial charge in [0.25, 0.3) is 0 Å². The van der Waals surface area contributed by atoms with Crippen LogP contribution < -0.4 is 0 Å². The topological polar surface area (TPSA) is 79.5 Å². The molecule has 6 nitrogen and oxygen atoms in total. The zero-order chi connectivity index (χ0) is 19.6. The van der Waals surface area contributed by atoms with Crippen molar-refractivity contribution in [2.24, 2.45) is 0 Å². The van der Waals surface area contributed by atoms with Gasteiger partial charge in [-0.25, -0.2) is 13.2 Å². The number of rotatable bonds is 5. The molecule has 1 aromatic heterocycles. The number of methoxy groups -OCH3 is 1. The third kappa shape index (κ3) is 3.68. The van der Waals surface area contributed by atoms with Crippen molar-refractivity contribution in [1.82, 2.24) is 9.88 Å².